The molecule has 22 heavy (non-hydrogen) atoms. The minimum atomic E-state index is 0.197. The fraction of sp³-hybridized carbons (Fsp3) is 0.765. The summed E-state index contributed by atoms with van der Waals surface area (Å²) < 4.78 is 5.87. The van der Waals surface area contributed by atoms with Crippen LogP contribution in [0, 0.1) is 5.92 Å². The molecular formula is C17H28N2O2S. The zero-order chi connectivity index (χ0) is 16.1. The number of carbonyl (C=O) groups is 1. The first-order valence-corrected chi connectivity index (χ1v) is 9.17. The fourth-order valence-corrected chi connectivity index (χ4v) is 3.37. The highest BCUT2D eigenvalue weighted by atomic mass is 32.1. The fourth-order valence-electron chi connectivity index (χ4n) is 2.54. The molecule has 1 aromatic heterocycles. The van der Waals surface area contributed by atoms with Gasteiger partial charge >= 0.3 is 0 Å². The predicted molar refractivity (Wildman–Crippen MR) is 90.3 cm³/mol. The maximum Gasteiger partial charge on any atom is 0.228 e. The Morgan fingerprint density at radius 3 is 2.59 bits per heavy atom. The van der Waals surface area contributed by atoms with Gasteiger partial charge in [-0.1, -0.05) is 27.7 Å². The average molecular weight is 324 g/mol. The molecule has 1 aliphatic heterocycles. The zero-order valence-electron chi connectivity index (χ0n) is 14.2. The van der Waals surface area contributed by atoms with Crippen molar-refractivity contribution in [3.63, 3.8) is 0 Å². The molecule has 124 valence electrons. The Hall–Kier alpha value is -0.940. The third-order valence-electron chi connectivity index (χ3n) is 3.86. The topological polar surface area (TPSA) is 42.4 Å². The molecule has 0 atom stereocenters. The molecular weight excluding hydrogens is 296 g/mol. The molecule has 0 radical (unpaired) electrons. The lowest BCUT2D eigenvalue weighted by Gasteiger charge is -2.32. The van der Waals surface area contributed by atoms with Gasteiger partial charge in [-0.15, -0.1) is 11.3 Å². The van der Waals surface area contributed by atoms with Crippen LogP contribution < -0.4 is 0 Å². The summed E-state index contributed by atoms with van der Waals surface area (Å²) >= 11 is 1.65. The number of likely N-dealkylation sites (tertiary alicyclic amines) is 1. The smallest absolute Gasteiger partial charge is 0.228 e. The lowest BCUT2D eigenvalue weighted by atomic mass is 10.1. The van der Waals surface area contributed by atoms with Crippen molar-refractivity contribution in [2.24, 2.45) is 5.92 Å². The van der Waals surface area contributed by atoms with E-state index in [0.29, 0.717) is 24.4 Å². The molecule has 1 saturated heterocycles. The number of nitrogens with zero attached hydrogens (tertiary/aromatic N) is 2. The second-order valence-electron chi connectivity index (χ2n) is 6.82. The van der Waals surface area contributed by atoms with Crippen molar-refractivity contribution in [2.45, 2.75) is 59.0 Å². The van der Waals surface area contributed by atoms with Crippen molar-refractivity contribution in [2.75, 3.05) is 19.7 Å². The summed E-state index contributed by atoms with van der Waals surface area (Å²) in [6, 6.07) is 0. The van der Waals surface area contributed by atoms with E-state index in [1.807, 2.05) is 10.3 Å². The van der Waals surface area contributed by atoms with Crippen molar-refractivity contribution >= 4 is 17.2 Å². The van der Waals surface area contributed by atoms with Gasteiger partial charge in [0.25, 0.3) is 0 Å². The third-order valence-corrected chi connectivity index (χ3v) is 5.05. The largest absolute Gasteiger partial charge is 0.378 e. The first-order chi connectivity index (χ1) is 10.5. The molecule has 0 saturated carbocycles. The molecule has 0 spiro atoms. The minimum absolute atomic E-state index is 0.197. The predicted octanol–water partition coefficient (Wildman–Crippen LogP) is 3.47. The Kier molecular flexibility index (Phi) is 6.38. The molecule has 2 heterocycles. The van der Waals surface area contributed by atoms with Crippen LogP contribution >= 0.6 is 11.3 Å². The Balaban J connectivity index is 1.77. The zero-order valence-corrected chi connectivity index (χ0v) is 15.0. The third kappa shape index (κ3) is 5.06. The van der Waals surface area contributed by atoms with Gasteiger partial charge in [-0.3, -0.25) is 4.79 Å². The lowest BCUT2D eigenvalue weighted by Crippen LogP contribution is -2.41. The normalized spacial score (nSPS) is 16.7. The van der Waals surface area contributed by atoms with Gasteiger partial charge in [0.15, 0.2) is 0 Å². The molecule has 0 unspecified atom stereocenters. The van der Waals surface area contributed by atoms with E-state index in [-0.39, 0.29) is 5.91 Å². The number of hydrogen-bond acceptors (Lipinski definition) is 4. The first kappa shape index (κ1) is 17.4. The van der Waals surface area contributed by atoms with Crippen LogP contribution in [0.4, 0.5) is 0 Å². The van der Waals surface area contributed by atoms with Gasteiger partial charge in [0.05, 0.1) is 23.2 Å². The Labute approximate surface area is 137 Å². The summed E-state index contributed by atoms with van der Waals surface area (Å²) in [5.74, 6) is 1.20. The number of ether oxygens (including phenoxy) is 1. The molecule has 5 heteroatoms. The van der Waals surface area contributed by atoms with Gasteiger partial charge in [-0.05, 0) is 18.8 Å². The van der Waals surface area contributed by atoms with Crippen molar-refractivity contribution in [1.82, 2.24) is 9.88 Å². The molecule has 0 bridgehead atoms. The molecule has 1 fully saturated rings. The van der Waals surface area contributed by atoms with E-state index in [4.69, 9.17) is 4.74 Å². The van der Waals surface area contributed by atoms with Gasteiger partial charge in [0.2, 0.25) is 5.91 Å². The van der Waals surface area contributed by atoms with Crippen molar-refractivity contribution in [1.29, 1.82) is 0 Å². The van der Waals surface area contributed by atoms with Crippen LogP contribution in [-0.2, 0) is 16.0 Å². The molecule has 2 rings (SSSR count). The number of aromatic nitrogens is 1. The maximum atomic E-state index is 12.4. The highest BCUT2D eigenvalue weighted by Gasteiger charge is 2.24. The number of amides is 1. The summed E-state index contributed by atoms with van der Waals surface area (Å²) in [5.41, 5.74) is 0.914. The van der Waals surface area contributed by atoms with Crippen molar-refractivity contribution in [3.8, 4) is 0 Å². The van der Waals surface area contributed by atoms with E-state index in [1.165, 1.54) is 0 Å². The highest BCUT2D eigenvalue weighted by Crippen LogP contribution is 2.20. The molecule has 0 aliphatic carbocycles. The van der Waals surface area contributed by atoms with Crippen molar-refractivity contribution < 1.29 is 9.53 Å². The monoisotopic (exact) mass is 324 g/mol. The van der Waals surface area contributed by atoms with Crippen LogP contribution in [0.3, 0.4) is 0 Å². The highest BCUT2D eigenvalue weighted by molar-refractivity contribution is 7.09. The Bertz CT molecular complexity index is 477. The van der Waals surface area contributed by atoms with E-state index >= 15 is 0 Å². The minimum Gasteiger partial charge on any atom is -0.378 e. The van der Waals surface area contributed by atoms with Gasteiger partial charge in [0.1, 0.15) is 0 Å². The van der Waals surface area contributed by atoms with Gasteiger partial charge in [0, 0.05) is 31.0 Å². The van der Waals surface area contributed by atoms with Crippen LogP contribution in [0.1, 0.15) is 57.2 Å². The summed E-state index contributed by atoms with van der Waals surface area (Å²) in [6.07, 6.45) is 2.65. The lowest BCUT2D eigenvalue weighted by molar-refractivity contribution is -0.133. The van der Waals surface area contributed by atoms with E-state index in [2.05, 4.69) is 32.7 Å². The van der Waals surface area contributed by atoms with Gasteiger partial charge in [-0.2, -0.15) is 0 Å². The first-order valence-electron chi connectivity index (χ1n) is 8.29. The van der Waals surface area contributed by atoms with Crippen LogP contribution in [0.5, 0.6) is 0 Å². The van der Waals surface area contributed by atoms with Gasteiger partial charge in [-0.25, -0.2) is 4.98 Å². The quantitative estimate of drug-likeness (QED) is 0.804. The van der Waals surface area contributed by atoms with Crippen LogP contribution in [0.25, 0.3) is 0 Å². The van der Waals surface area contributed by atoms with Crippen LogP contribution in [-0.4, -0.2) is 41.6 Å². The number of piperidine rings is 1. The number of carbonyl (C=O) groups excluding carboxylic acids is 1. The summed E-state index contributed by atoms with van der Waals surface area (Å²) in [7, 11) is 0. The molecule has 1 amide bonds. The van der Waals surface area contributed by atoms with Crippen LogP contribution in [0.2, 0.25) is 0 Å². The van der Waals surface area contributed by atoms with E-state index in [9.17, 15) is 4.79 Å². The second-order valence-corrected chi connectivity index (χ2v) is 7.71. The Morgan fingerprint density at radius 1 is 1.36 bits per heavy atom. The maximum absolute atomic E-state index is 12.4. The summed E-state index contributed by atoms with van der Waals surface area (Å²) in [6.45, 7) is 11.0. The molecule has 0 N–H and O–H groups in total. The number of hydrogen-bond donors (Lipinski definition) is 0. The number of rotatable bonds is 6. The molecule has 0 aromatic carbocycles. The SMILES string of the molecule is CC(C)COC1CCN(C(=O)Cc2csc(C(C)C)n2)CC1. The second kappa shape index (κ2) is 8.06. The standard InChI is InChI=1S/C17H28N2O2S/c1-12(2)10-21-15-5-7-19(8-6-15)16(20)9-14-11-22-17(18-14)13(3)4/h11-13,15H,5-10H2,1-4H3. The Morgan fingerprint density at radius 2 is 2.05 bits per heavy atom. The summed E-state index contributed by atoms with van der Waals surface area (Å²) in [5, 5.41) is 3.13. The number of thiazole rings is 1. The van der Waals surface area contributed by atoms with E-state index in [1.54, 1.807) is 11.3 Å². The van der Waals surface area contributed by atoms with Crippen LogP contribution in [0.15, 0.2) is 5.38 Å². The molecule has 4 nitrogen and oxygen atoms in total. The average Bonchev–Trinajstić information content (AvgIpc) is 2.94. The van der Waals surface area contributed by atoms with E-state index in [0.717, 1.165) is 43.2 Å². The molecule has 1 aliphatic rings. The van der Waals surface area contributed by atoms with E-state index < -0.39 is 0 Å². The molecule has 1 aromatic rings. The van der Waals surface area contributed by atoms with Crippen molar-refractivity contribution in [3.05, 3.63) is 16.1 Å². The summed E-state index contributed by atoms with van der Waals surface area (Å²) in [4.78, 5) is 18.9. The van der Waals surface area contributed by atoms with Gasteiger partial charge < -0.3 is 9.64 Å².